The molecule has 0 saturated carbocycles. The third kappa shape index (κ3) is 9.67. The van der Waals surface area contributed by atoms with Crippen LogP contribution < -0.4 is 20.0 Å². The molecule has 0 aliphatic heterocycles. The van der Waals surface area contributed by atoms with Crippen LogP contribution in [0.25, 0.3) is 0 Å². The molecule has 4 nitrogen and oxygen atoms in total. The van der Waals surface area contributed by atoms with Crippen LogP contribution in [0.5, 0.6) is 0 Å². The number of hydrogen-bond donors (Lipinski definition) is 0. The maximum absolute atomic E-state index is 8.89. The molecule has 0 radical (unpaired) electrons. The van der Waals surface area contributed by atoms with Crippen molar-refractivity contribution in [2.24, 2.45) is 0 Å². The van der Waals surface area contributed by atoms with Crippen LogP contribution in [-0.2, 0) is 9.59 Å². The van der Waals surface area contributed by atoms with E-state index >= 15 is 0 Å². The summed E-state index contributed by atoms with van der Waals surface area (Å²) in [5.74, 6) is -2.17. The standard InChI is InChI=1S/3C6H5.2C2H4O2.Bi/c3*1-2-4-6-5-3-1;2*1-2(3)4;/h3*1-5H;2*1H3,(H,3,4);/p-2. The topological polar surface area (TPSA) is 80.3 Å². The molecule has 0 atom stereocenters. The minimum atomic E-state index is -2.06. The van der Waals surface area contributed by atoms with Crippen molar-refractivity contribution >= 4 is 43.5 Å². The summed E-state index contributed by atoms with van der Waals surface area (Å²) in [4.78, 5) is 17.8. The van der Waals surface area contributed by atoms with E-state index in [9.17, 15) is 0 Å². The van der Waals surface area contributed by atoms with Crippen LogP contribution in [0.2, 0.25) is 0 Å². The van der Waals surface area contributed by atoms with E-state index in [4.69, 9.17) is 19.8 Å². The molecule has 3 rings (SSSR count). The van der Waals surface area contributed by atoms with Gasteiger partial charge in [0.1, 0.15) is 0 Å². The second-order valence-electron chi connectivity index (χ2n) is 5.33. The zero-order chi connectivity index (χ0) is 20.1. The number of carbonyl (C=O) groups excluding carboxylic acids is 2. The summed E-state index contributed by atoms with van der Waals surface area (Å²) >= 11 is -2.06. The monoisotopic (exact) mass is 558 g/mol. The van der Waals surface area contributed by atoms with Gasteiger partial charge in [-0.05, 0) is 13.8 Å². The van der Waals surface area contributed by atoms with Crippen molar-refractivity contribution in [1.82, 2.24) is 0 Å². The first-order valence-electron chi connectivity index (χ1n) is 8.22. The Balaban J connectivity index is 0.000000390. The van der Waals surface area contributed by atoms with E-state index in [2.05, 4.69) is 91.0 Å². The number of aliphatic carboxylic acids is 2. The van der Waals surface area contributed by atoms with E-state index < -0.39 is 33.7 Å². The molecule has 0 aliphatic carbocycles. The number of rotatable bonds is 3. The van der Waals surface area contributed by atoms with Crippen molar-refractivity contribution in [2.75, 3.05) is 0 Å². The Morgan fingerprint density at radius 1 is 0.556 bits per heavy atom. The van der Waals surface area contributed by atoms with Crippen LogP contribution in [0, 0.1) is 0 Å². The predicted molar refractivity (Wildman–Crippen MR) is 105 cm³/mol. The van der Waals surface area contributed by atoms with Gasteiger partial charge in [0.25, 0.3) is 0 Å². The average Bonchev–Trinajstić information content (AvgIpc) is 2.64. The van der Waals surface area contributed by atoms with Crippen LogP contribution in [0.4, 0.5) is 0 Å². The van der Waals surface area contributed by atoms with Crippen LogP contribution in [0.1, 0.15) is 13.8 Å². The average molecular weight is 558 g/mol. The zero-order valence-corrected chi connectivity index (χ0v) is 18.7. The summed E-state index contributed by atoms with van der Waals surface area (Å²) < 4.78 is 4.61. The Morgan fingerprint density at radius 3 is 0.926 bits per heavy atom. The van der Waals surface area contributed by atoms with Crippen molar-refractivity contribution in [1.29, 1.82) is 0 Å². The number of benzene rings is 3. The van der Waals surface area contributed by atoms with Gasteiger partial charge in [0.05, 0.1) is 0 Å². The second kappa shape index (κ2) is 12.8. The van der Waals surface area contributed by atoms with Gasteiger partial charge in [0.15, 0.2) is 0 Å². The van der Waals surface area contributed by atoms with E-state index in [1.165, 1.54) is 9.81 Å². The summed E-state index contributed by atoms with van der Waals surface area (Å²) in [6.07, 6.45) is 0. The molecular weight excluding hydrogens is 537 g/mol. The fourth-order valence-corrected chi connectivity index (χ4v) is 11.1. The third-order valence-electron chi connectivity index (χ3n) is 3.04. The van der Waals surface area contributed by atoms with Crippen molar-refractivity contribution in [2.45, 2.75) is 13.8 Å². The minimum absolute atomic E-state index is 0.972. The summed E-state index contributed by atoms with van der Waals surface area (Å²) in [6, 6.07) is 33.0. The van der Waals surface area contributed by atoms with Gasteiger partial charge in [-0.3, -0.25) is 0 Å². The van der Waals surface area contributed by atoms with Crippen molar-refractivity contribution < 1.29 is 19.8 Å². The number of hydrogen-bond acceptors (Lipinski definition) is 4. The molecule has 3 aromatic carbocycles. The SMILES string of the molecule is CC(=O)[O-].CC(=O)[O-].c1cc[c]([Bi]([c]2ccccc2)[c]2ccccc2)cc1. The zero-order valence-electron chi connectivity index (χ0n) is 15.2. The summed E-state index contributed by atoms with van der Waals surface area (Å²) in [5.41, 5.74) is 0. The van der Waals surface area contributed by atoms with Crippen LogP contribution >= 0.6 is 0 Å². The summed E-state index contributed by atoms with van der Waals surface area (Å²) in [6.45, 7) is 1.94. The van der Waals surface area contributed by atoms with Gasteiger partial charge in [-0.15, -0.1) is 0 Å². The van der Waals surface area contributed by atoms with Gasteiger partial charge in [-0.2, -0.15) is 0 Å². The molecule has 0 N–H and O–H groups in total. The molecule has 0 fully saturated rings. The van der Waals surface area contributed by atoms with E-state index in [0.717, 1.165) is 13.8 Å². The molecule has 0 aliphatic rings. The molecule has 0 saturated heterocycles. The number of carboxylic acid groups (broad SMARTS) is 2. The van der Waals surface area contributed by atoms with Gasteiger partial charge < -0.3 is 19.8 Å². The Bertz CT molecular complexity index is 692. The maximum atomic E-state index is 8.89. The molecule has 3 aromatic rings. The fourth-order valence-electron chi connectivity index (χ4n) is 2.18. The van der Waals surface area contributed by atoms with Gasteiger partial charge in [-0.25, -0.2) is 0 Å². The third-order valence-corrected chi connectivity index (χ3v) is 12.5. The first kappa shape index (κ1) is 22.5. The summed E-state index contributed by atoms with van der Waals surface area (Å²) in [7, 11) is 0. The Hall–Kier alpha value is -2.52. The Kier molecular flexibility index (Phi) is 10.7. The Labute approximate surface area is 167 Å². The molecule has 27 heavy (non-hydrogen) atoms. The first-order chi connectivity index (χ1) is 12.9. The van der Waals surface area contributed by atoms with E-state index in [0.29, 0.717) is 0 Å². The van der Waals surface area contributed by atoms with E-state index in [-0.39, 0.29) is 0 Å². The van der Waals surface area contributed by atoms with Crippen molar-refractivity contribution in [3.63, 3.8) is 0 Å². The molecule has 140 valence electrons. The second-order valence-corrected chi connectivity index (χ2v) is 14.0. The Morgan fingerprint density at radius 2 is 0.741 bits per heavy atom. The van der Waals surface area contributed by atoms with Gasteiger partial charge in [-0.1, -0.05) is 0 Å². The number of carbonyl (C=O) groups is 2. The molecular formula is C22H21BiO4-2. The van der Waals surface area contributed by atoms with E-state index in [1.54, 1.807) is 0 Å². The van der Waals surface area contributed by atoms with Crippen LogP contribution in [0.3, 0.4) is 0 Å². The van der Waals surface area contributed by atoms with Crippen LogP contribution in [0.15, 0.2) is 91.0 Å². The first-order valence-corrected chi connectivity index (χ1v) is 13.4. The molecule has 0 amide bonds. The summed E-state index contributed by atoms with van der Waals surface area (Å²) in [5, 5.41) is 17.8. The molecule has 5 heteroatoms. The van der Waals surface area contributed by atoms with Crippen molar-refractivity contribution in [3.8, 4) is 0 Å². The predicted octanol–water partition coefficient (Wildman–Crippen LogP) is -0.285. The normalized spacial score (nSPS) is 9.30. The number of carboxylic acids is 2. The fraction of sp³-hybridized carbons (Fsp3) is 0.0909. The molecule has 0 aromatic heterocycles. The molecule has 0 heterocycles. The van der Waals surface area contributed by atoms with Gasteiger partial charge >= 0.3 is 123 Å². The molecule has 0 spiro atoms. The van der Waals surface area contributed by atoms with E-state index in [1.807, 2.05) is 0 Å². The molecule has 0 bridgehead atoms. The quantitative estimate of drug-likeness (QED) is 0.415. The molecule has 0 unspecified atom stereocenters. The van der Waals surface area contributed by atoms with Crippen molar-refractivity contribution in [3.05, 3.63) is 91.0 Å². The van der Waals surface area contributed by atoms with Crippen LogP contribution in [-0.4, -0.2) is 33.7 Å². The van der Waals surface area contributed by atoms with Gasteiger partial charge in [0, 0.05) is 11.9 Å². The van der Waals surface area contributed by atoms with Gasteiger partial charge in [0.2, 0.25) is 0 Å².